The van der Waals surface area contributed by atoms with E-state index < -0.39 is 29.2 Å². The first-order valence-electron chi connectivity index (χ1n) is 12.9. The molecule has 1 fully saturated rings. The molecule has 3 heterocycles. The normalized spacial score (nSPS) is 15.6. The van der Waals surface area contributed by atoms with Crippen LogP contribution < -0.4 is 20.7 Å². The number of hydrogen-bond acceptors (Lipinski definition) is 7. The van der Waals surface area contributed by atoms with Gasteiger partial charge in [-0.05, 0) is 68.6 Å². The van der Waals surface area contributed by atoms with Crippen LogP contribution in [0.25, 0.3) is 5.69 Å². The molecule has 0 bridgehead atoms. The fourth-order valence-corrected chi connectivity index (χ4v) is 4.91. The minimum atomic E-state index is -4.90. The van der Waals surface area contributed by atoms with Crippen LogP contribution in [0.4, 0.5) is 28.9 Å². The summed E-state index contributed by atoms with van der Waals surface area (Å²) in [5.74, 6) is -2.51. The average Bonchev–Trinajstić information content (AvgIpc) is 3.36. The van der Waals surface area contributed by atoms with Gasteiger partial charge in [0, 0.05) is 18.8 Å². The van der Waals surface area contributed by atoms with Crippen LogP contribution >= 0.6 is 0 Å². The summed E-state index contributed by atoms with van der Waals surface area (Å²) in [6.45, 7) is 2.57. The van der Waals surface area contributed by atoms with E-state index in [1.807, 2.05) is 0 Å². The second kappa shape index (κ2) is 11.5. The van der Waals surface area contributed by atoms with Crippen molar-refractivity contribution >= 4 is 17.3 Å². The van der Waals surface area contributed by atoms with Gasteiger partial charge in [-0.2, -0.15) is 28.5 Å². The van der Waals surface area contributed by atoms with Crippen molar-refractivity contribution in [1.82, 2.24) is 20.0 Å². The lowest BCUT2D eigenvalue weighted by Gasteiger charge is -2.37. The molecule has 3 N–H and O–H groups in total. The second-order valence-electron chi connectivity index (χ2n) is 9.69. The van der Waals surface area contributed by atoms with E-state index in [0.29, 0.717) is 30.9 Å². The molecule has 1 aliphatic rings. The molecule has 1 amide bonds. The van der Waals surface area contributed by atoms with Crippen LogP contribution in [0.1, 0.15) is 34.6 Å². The molecular formula is C28H27F4N7O2. The molecule has 1 atom stereocenters. The Morgan fingerprint density at radius 2 is 1.95 bits per heavy atom. The zero-order valence-electron chi connectivity index (χ0n) is 22.0. The molecule has 1 aliphatic heterocycles. The monoisotopic (exact) mass is 569 g/mol. The predicted octanol–water partition coefficient (Wildman–Crippen LogP) is 5.35. The summed E-state index contributed by atoms with van der Waals surface area (Å²) in [6, 6.07) is 10.8. The summed E-state index contributed by atoms with van der Waals surface area (Å²) in [5, 5.41) is 14.5. The molecule has 0 aliphatic carbocycles. The number of alkyl halides is 3. The van der Waals surface area contributed by atoms with Crippen LogP contribution in [0, 0.1) is 18.7 Å². The van der Waals surface area contributed by atoms with Crippen LogP contribution in [-0.4, -0.2) is 45.5 Å². The molecule has 5 rings (SSSR count). The Balaban J connectivity index is 1.58. The Labute approximate surface area is 232 Å². The maximum absolute atomic E-state index is 14.8. The lowest BCUT2D eigenvalue weighted by atomic mass is 9.96. The van der Waals surface area contributed by atoms with Gasteiger partial charge in [-0.15, -0.1) is 0 Å². The van der Waals surface area contributed by atoms with Crippen LogP contribution in [0.5, 0.6) is 11.5 Å². The SMILES string of the molecule is Cc1cc(C(=O)Nc2ccc(Oc3ccccc3F)c(C(F)(F)F)c2N2CCC[C@@H](CN)C2)nn1-c1ccnnc1. The van der Waals surface area contributed by atoms with Crippen molar-refractivity contribution in [3.8, 4) is 17.2 Å². The number of nitrogens with two attached hydrogens (primary N) is 1. The molecule has 0 saturated carbocycles. The van der Waals surface area contributed by atoms with E-state index >= 15 is 0 Å². The number of anilines is 2. The van der Waals surface area contributed by atoms with Crippen LogP contribution in [0.3, 0.4) is 0 Å². The lowest BCUT2D eigenvalue weighted by Crippen LogP contribution is -2.40. The van der Waals surface area contributed by atoms with E-state index in [0.717, 1.165) is 18.6 Å². The number of para-hydroxylation sites is 1. The number of piperidine rings is 1. The number of aromatic nitrogens is 4. The Morgan fingerprint density at radius 1 is 1.15 bits per heavy atom. The van der Waals surface area contributed by atoms with E-state index in [1.165, 1.54) is 47.4 Å². The molecule has 0 spiro atoms. The van der Waals surface area contributed by atoms with E-state index in [4.69, 9.17) is 10.5 Å². The molecule has 2 aromatic carbocycles. The Kier molecular flexibility index (Phi) is 7.88. The number of hydrogen-bond donors (Lipinski definition) is 2. The number of aryl methyl sites for hydroxylation is 1. The minimum absolute atomic E-state index is 0.0102. The fourth-order valence-electron chi connectivity index (χ4n) is 4.91. The van der Waals surface area contributed by atoms with Gasteiger partial charge in [0.2, 0.25) is 0 Å². The lowest BCUT2D eigenvalue weighted by molar-refractivity contribution is -0.138. The third-order valence-electron chi connectivity index (χ3n) is 6.83. The molecule has 4 aromatic rings. The number of carbonyl (C=O) groups is 1. The molecule has 9 nitrogen and oxygen atoms in total. The van der Waals surface area contributed by atoms with Gasteiger partial charge in [-0.1, -0.05) is 12.1 Å². The van der Waals surface area contributed by atoms with Crippen molar-refractivity contribution < 1.29 is 27.1 Å². The van der Waals surface area contributed by atoms with Gasteiger partial charge >= 0.3 is 6.18 Å². The quantitative estimate of drug-likeness (QED) is 0.289. The summed E-state index contributed by atoms with van der Waals surface area (Å²) >= 11 is 0. The summed E-state index contributed by atoms with van der Waals surface area (Å²) in [5.41, 5.74) is 5.55. The summed E-state index contributed by atoms with van der Waals surface area (Å²) < 4.78 is 65.6. The van der Waals surface area contributed by atoms with Gasteiger partial charge in [0.1, 0.15) is 11.3 Å². The van der Waals surface area contributed by atoms with Crippen molar-refractivity contribution in [2.45, 2.75) is 25.9 Å². The standard InChI is InChI=1S/C28H27F4N7O2/c1-17-13-22(37-39(17)19-10-11-34-35-15-19)27(40)36-21-8-9-24(41-23-7-3-2-6-20(23)29)25(28(30,31)32)26(21)38-12-4-5-18(14-33)16-38/h2-3,6-11,13,15,18H,4-5,12,14,16,33H2,1H3,(H,36,40)/t18-/m0/s1. The topological polar surface area (TPSA) is 111 Å². The number of rotatable bonds is 7. The van der Waals surface area contributed by atoms with Gasteiger partial charge in [0.25, 0.3) is 5.91 Å². The zero-order valence-corrected chi connectivity index (χ0v) is 22.0. The van der Waals surface area contributed by atoms with Gasteiger partial charge in [0.05, 0.1) is 29.5 Å². The maximum Gasteiger partial charge on any atom is 0.422 e. The van der Waals surface area contributed by atoms with E-state index in [1.54, 1.807) is 17.9 Å². The third-order valence-corrected chi connectivity index (χ3v) is 6.83. The molecule has 13 heteroatoms. The molecule has 41 heavy (non-hydrogen) atoms. The highest BCUT2D eigenvalue weighted by Gasteiger charge is 2.41. The molecule has 0 radical (unpaired) electrons. The van der Waals surface area contributed by atoms with Crippen molar-refractivity contribution in [3.63, 3.8) is 0 Å². The number of nitrogens with one attached hydrogen (secondary N) is 1. The van der Waals surface area contributed by atoms with Crippen LogP contribution in [-0.2, 0) is 6.18 Å². The van der Waals surface area contributed by atoms with Crippen molar-refractivity contribution in [3.05, 3.63) is 83.7 Å². The van der Waals surface area contributed by atoms with Crippen LogP contribution in [0.2, 0.25) is 0 Å². The molecular weight excluding hydrogens is 542 g/mol. The first-order valence-corrected chi connectivity index (χ1v) is 12.9. The number of nitrogens with zero attached hydrogens (tertiary/aromatic N) is 5. The number of ether oxygens (including phenoxy) is 1. The van der Waals surface area contributed by atoms with E-state index in [2.05, 4.69) is 20.6 Å². The number of amides is 1. The first kappa shape index (κ1) is 28.0. The van der Waals surface area contributed by atoms with E-state index in [9.17, 15) is 22.4 Å². The second-order valence-corrected chi connectivity index (χ2v) is 9.69. The van der Waals surface area contributed by atoms with Crippen LogP contribution in [0.15, 0.2) is 60.9 Å². The predicted molar refractivity (Wildman–Crippen MR) is 144 cm³/mol. The van der Waals surface area contributed by atoms with Gasteiger partial charge in [-0.25, -0.2) is 9.07 Å². The molecule has 2 aromatic heterocycles. The maximum atomic E-state index is 14.8. The number of halogens is 4. The minimum Gasteiger partial charge on any atom is -0.454 e. The first-order chi connectivity index (χ1) is 19.7. The number of benzene rings is 2. The van der Waals surface area contributed by atoms with Gasteiger partial charge in [-0.3, -0.25) is 4.79 Å². The zero-order chi connectivity index (χ0) is 29.1. The number of carbonyl (C=O) groups excluding carboxylic acids is 1. The fraction of sp³-hybridized carbons (Fsp3) is 0.286. The highest BCUT2D eigenvalue weighted by molar-refractivity contribution is 6.05. The highest BCUT2D eigenvalue weighted by Crippen LogP contribution is 2.48. The summed E-state index contributed by atoms with van der Waals surface area (Å²) in [6.07, 6.45) is -0.595. The van der Waals surface area contributed by atoms with Gasteiger partial charge < -0.3 is 20.7 Å². The molecule has 1 saturated heterocycles. The highest BCUT2D eigenvalue weighted by atomic mass is 19.4. The van der Waals surface area contributed by atoms with Crippen molar-refractivity contribution in [2.75, 3.05) is 29.9 Å². The Hall–Kier alpha value is -4.52. The largest absolute Gasteiger partial charge is 0.454 e. The summed E-state index contributed by atoms with van der Waals surface area (Å²) in [4.78, 5) is 14.9. The Morgan fingerprint density at radius 3 is 2.66 bits per heavy atom. The molecule has 0 unspecified atom stereocenters. The summed E-state index contributed by atoms with van der Waals surface area (Å²) in [7, 11) is 0. The van der Waals surface area contributed by atoms with Crippen molar-refractivity contribution in [2.24, 2.45) is 11.7 Å². The van der Waals surface area contributed by atoms with E-state index in [-0.39, 0.29) is 35.3 Å². The smallest absolute Gasteiger partial charge is 0.422 e. The average molecular weight is 570 g/mol. The third kappa shape index (κ3) is 5.99. The Bertz CT molecular complexity index is 1540. The molecule has 214 valence electrons. The van der Waals surface area contributed by atoms with Crippen molar-refractivity contribution in [1.29, 1.82) is 0 Å². The van der Waals surface area contributed by atoms with Gasteiger partial charge in [0.15, 0.2) is 17.3 Å².